The summed E-state index contributed by atoms with van der Waals surface area (Å²) in [7, 11) is 0. The number of ether oxygens (including phenoxy) is 4. The van der Waals surface area contributed by atoms with Gasteiger partial charge in [0.15, 0.2) is 0 Å². The maximum atomic E-state index is 12.4. The van der Waals surface area contributed by atoms with Crippen molar-refractivity contribution < 1.29 is 23.7 Å². The molecule has 1 heterocycles. The summed E-state index contributed by atoms with van der Waals surface area (Å²) in [4.78, 5) is 12.4. The first kappa shape index (κ1) is 27.4. The molecule has 0 N–H and O–H groups in total. The van der Waals surface area contributed by atoms with E-state index in [1.165, 1.54) is 0 Å². The van der Waals surface area contributed by atoms with Crippen LogP contribution in [0.4, 0.5) is 0 Å². The van der Waals surface area contributed by atoms with Crippen molar-refractivity contribution in [2.75, 3.05) is 6.61 Å². The van der Waals surface area contributed by atoms with Gasteiger partial charge in [0, 0.05) is 5.92 Å². The van der Waals surface area contributed by atoms with Gasteiger partial charge in [-0.3, -0.25) is 4.79 Å². The second kappa shape index (κ2) is 13.8. The van der Waals surface area contributed by atoms with E-state index in [0.717, 1.165) is 17.5 Å². The molecule has 5 nitrogen and oxygen atoms in total. The van der Waals surface area contributed by atoms with Crippen LogP contribution in [0, 0.1) is 17.8 Å². The summed E-state index contributed by atoms with van der Waals surface area (Å²) >= 11 is 0. The van der Waals surface area contributed by atoms with E-state index in [1.807, 2.05) is 50.2 Å². The monoisotopic (exact) mass is 482 g/mol. The van der Waals surface area contributed by atoms with Gasteiger partial charge in [-0.05, 0) is 36.8 Å². The Morgan fingerprint density at radius 3 is 1.91 bits per heavy atom. The fourth-order valence-corrected chi connectivity index (χ4v) is 4.86. The minimum absolute atomic E-state index is 0.0717. The standard InChI is InChI=1S/C30H42O5/c1-6-26-23(5)28(33-19-24-14-10-8-11-15-24)29(34-20-25-16-12-9-13-17-25)27(35-26)18-21(3)22(4)30(31)32-7-2/h8-17,21-23,26-29H,6-7,18-20H2,1-5H3/t21?,22?,23-,26+,27-,28-,29-/m0/s1. The molecule has 0 aliphatic carbocycles. The van der Waals surface area contributed by atoms with Crippen LogP contribution >= 0.6 is 0 Å². The second-order valence-electron chi connectivity index (χ2n) is 9.76. The number of rotatable bonds is 12. The first-order valence-electron chi connectivity index (χ1n) is 13.1. The molecule has 1 fully saturated rings. The Morgan fingerprint density at radius 1 is 0.857 bits per heavy atom. The molecule has 0 radical (unpaired) electrons. The Hall–Kier alpha value is -2.21. The molecular formula is C30H42O5. The molecule has 0 spiro atoms. The maximum Gasteiger partial charge on any atom is 0.308 e. The van der Waals surface area contributed by atoms with Gasteiger partial charge in [-0.2, -0.15) is 0 Å². The molecule has 1 aliphatic rings. The molecule has 0 aromatic heterocycles. The molecule has 2 unspecified atom stereocenters. The Morgan fingerprint density at radius 2 is 1.40 bits per heavy atom. The Bertz CT molecular complexity index is 871. The molecule has 5 heteroatoms. The largest absolute Gasteiger partial charge is 0.466 e. The van der Waals surface area contributed by atoms with Gasteiger partial charge in [0.05, 0.1) is 44.1 Å². The lowest BCUT2D eigenvalue weighted by Gasteiger charge is -2.46. The Labute approximate surface area is 211 Å². The number of carbonyl (C=O) groups is 1. The van der Waals surface area contributed by atoms with Crippen LogP contribution in [0.5, 0.6) is 0 Å². The molecule has 0 bridgehead atoms. The van der Waals surface area contributed by atoms with Gasteiger partial charge in [0.2, 0.25) is 0 Å². The highest BCUT2D eigenvalue weighted by Gasteiger charge is 2.45. The number of hydrogen-bond donors (Lipinski definition) is 0. The van der Waals surface area contributed by atoms with E-state index in [0.29, 0.717) is 26.2 Å². The van der Waals surface area contributed by atoms with Crippen molar-refractivity contribution in [2.45, 2.75) is 85.1 Å². The zero-order valence-corrected chi connectivity index (χ0v) is 21.9. The van der Waals surface area contributed by atoms with E-state index in [-0.39, 0.29) is 48.1 Å². The predicted octanol–water partition coefficient (Wildman–Crippen LogP) is 6.20. The van der Waals surface area contributed by atoms with Gasteiger partial charge in [-0.25, -0.2) is 0 Å². The predicted molar refractivity (Wildman–Crippen MR) is 138 cm³/mol. The molecular weight excluding hydrogens is 440 g/mol. The molecule has 0 amide bonds. The highest BCUT2D eigenvalue weighted by Crippen LogP contribution is 2.36. The van der Waals surface area contributed by atoms with Crippen molar-refractivity contribution in [1.82, 2.24) is 0 Å². The van der Waals surface area contributed by atoms with Crippen LogP contribution in [0.1, 0.15) is 58.6 Å². The Balaban J connectivity index is 1.81. The van der Waals surface area contributed by atoms with Crippen LogP contribution in [0.3, 0.4) is 0 Å². The van der Waals surface area contributed by atoms with E-state index in [4.69, 9.17) is 18.9 Å². The van der Waals surface area contributed by atoms with E-state index < -0.39 is 0 Å². The fourth-order valence-electron chi connectivity index (χ4n) is 4.86. The fraction of sp³-hybridized carbons (Fsp3) is 0.567. The Kier molecular flexibility index (Phi) is 10.8. The molecule has 35 heavy (non-hydrogen) atoms. The van der Waals surface area contributed by atoms with E-state index in [9.17, 15) is 4.79 Å². The summed E-state index contributed by atoms with van der Waals surface area (Å²) in [6.07, 6.45) is 1.14. The van der Waals surface area contributed by atoms with E-state index >= 15 is 0 Å². The normalized spacial score (nSPS) is 26.1. The molecule has 0 saturated carbocycles. The van der Waals surface area contributed by atoms with Crippen molar-refractivity contribution in [3.05, 3.63) is 71.8 Å². The third-order valence-corrected chi connectivity index (χ3v) is 7.23. The zero-order valence-electron chi connectivity index (χ0n) is 21.9. The minimum atomic E-state index is -0.242. The lowest BCUT2D eigenvalue weighted by molar-refractivity contribution is -0.236. The van der Waals surface area contributed by atoms with Crippen LogP contribution in [0.2, 0.25) is 0 Å². The van der Waals surface area contributed by atoms with Crippen molar-refractivity contribution in [3.8, 4) is 0 Å². The molecule has 1 saturated heterocycles. The average molecular weight is 483 g/mol. The summed E-state index contributed by atoms with van der Waals surface area (Å²) in [5, 5.41) is 0. The SMILES string of the molecule is CCOC(=O)C(C)C(C)C[C@@H]1O[C@H](CC)[C@H](C)[C@H](OCc2ccccc2)[C@H]1OCc1ccccc1. The summed E-state index contributed by atoms with van der Waals surface area (Å²) in [6, 6.07) is 20.5. The van der Waals surface area contributed by atoms with Crippen molar-refractivity contribution >= 4 is 5.97 Å². The lowest BCUT2D eigenvalue weighted by atomic mass is 9.81. The third kappa shape index (κ3) is 7.63. The van der Waals surface area contributed by atoms with Crippen LogP contribution in [-0.2, 0) is 37.0 Å². The van der Waals surface area contributed by atoms with Crippen molar-refractivity contribution in [3.63, 3.8) is 0 Å². The molecule has 3 rings (SSSR count). The summed E-state index contributed by atoms with van der Waals surface area (Å²) < 4.78 is 25.1. The van der Waals surface area contributed by atoms with Gasteiger partial charge < -0.3 is 18.9 Å². The number of hydrogen-bond acceptors (Lipinski definition) is 5. The van der Waals surface area contributed by atoms with Crippen molar-refractivity contribution in [1.29, 1.82) is 0 Å². The van der Waals surface area contributed by atoms with Crippen LogP contribution < -0.4 is 0 Å². The van der Waals surface area contributed by atoms with Gasteiger partial charge in [0.25, 0.3) is 0 Å². The highest BCUT2D eigenvalue weighted by atomic mass is 16.6. The van der Waals surface area contributed by atoms with Crippen LogP contribution in [0.25, 0.3) is 0 Å². The van der Waals surface area contributed by atoms with Gasteiger partial charge in [0.1, 0.15) is 6.10 Å². The first-order chi connectivity index (χ1) is 16.9. The number of carbonyl (C=O) groups excluding carboxylic acids is 1. The van der Waals surface area contributed by atoms with E-state index in [2.05, 4.69) is 45.0 Å². The third-order valence-electron chi connectivity index (χ3n) is 7.23. The zero-order chi connectivity index (χ0) is 25.2. The smallest absolute Gasteiger partial charge is 0.308 e. The quantitative estimate of drug-likeness (QED) is 0.337. The second-order valence-corrected chi connectivity index (χ2v) is 9.76. The average Bonchev–Trinajstić information content (AvgIpc) is 2.88. The highest BCUT2D eigenvalue weighted by molar-refractivity contribution is 5.72. The summed E-state index contributed by atoms with van der Waals surface area (Å²) in [6.45, 7) is 11.6. The summed E-state index contributed by atoms with van der Waals surface area (Å²) in [5.41, 5.74) is 2.26. The summed E-state index contributed by atoms with van der Waals surface area (Å²) in [5.74, 6) is -0.104. The van der Waals surface area contributed by atoms with Crippen molar-refractivity contribution in [2.24, 2.45) is 17.8 Å². The molecule has 1 aliphatic heterocycles. The number of esters is 1. The lowest BCUT2D eigenvalue weighted by Crippen LogP contribution is -2.56. The molecule has 7 atom stereocenters. The van der Waals surface area contributed by atoms with Crippen LogP contribution in [-0.4, -0.2) is 37.0 Å². The maximum absolute atomic E-state index is 12.4. The van der Waals surface area contributed by atoms with Crippen LogP contribution in [0.15, 0.2) is 60.7 Å². The van der Waals surface area contributed by atoms with Gasteiger partial charge >= 0.3 is 5.97 Å². The molecule has 2 aromatic rings. The van der Waals surface area contributed by atoms with Gasteiger partial charge in [-0.1, -0.05) is 88.4 Å². The first-order valence-corrected chi connectivity index (χ1v) is 13.1. The topological polar surface area (TPSA) is 54.0 Å². The number of benzene rings is 2. The molecule has 192 valence electrons. The minimum Gasteiger partial charge on any atom is -0.466 e. The van der Waals surface area contributed by atoms with Gasteiger partial charge in [-0.15, -0.1) is 0 Å². The van der Waals surface area contributed by atoms with E-state index in [1.54, 1.807) is 0 Å². The molecule has 2 aromatic carbocycles.